The lowest BCUT2D eigenvalue weighted by Crippen LogP contribution is -2.45. The zero-order chi connectivity index (χ0) is 19.0. The molecule has 0 aromatic heterocycles. The maximum atomic E-state index is 12.8. The molecule has 0 saturated carbocycles. The predicted octanol–water partition coefficient (Wildman–Crippen LogP) is 3.61. The van der Waals surface area contributed by atoms with Crippen LogP contribution in [0.2, 0.25) is 0 Å². The van der Waals surface area contributed by atoms with Gasteiger partial charge in [-0.1, -0.05) is 20.8 Å². The third-order valence-corrected chi connectivity index (χ3v) is 3.54. The molecule has 0 bridgehead atoms. The summed E-state index contributed by atoms with van der Waals surface area (Å²) in [6.45, 7) is 4.26. The van der Waals surface area contributed by atoms with Crippen LogP contribution in [0.15, 0.2) is 0 Å². The smallest absolute Gasteiger partial charge is 0.396 e. The van der Waals surface area contributed by atoms with Gasteiger partial charge in [0.05, 0.1) is 0 Å². The fraction of sp³-hybridized carbons (Fsp3) is 0.812. The highest BCUT2D eigenvalue weighted by atomic mass is 19.4. The average Bonchev–Trinajstić information content (AvgIpc) is 2.41. The summed E-state index contributed by atoms with van der Waals surface area (Å²) in [5, 5.41) is 24.9. The Bertz CT molecular complexity index is 431. The Kier molecular flexibility index (Phi) is 9.17. The van der Waals surface area contributed by atoms with E-state index in [0.717, 1.165) is 6.42 Å². The third kappa shape index (κ3) is 9.64. The molecule has 0 aliphatic rings. The van der Waals surface area contributed by atoms with E-state index in [4.69, 9.17) is 15.9 Å². The van der Waals surface area contributed by atoms with Gasteiger partial charge in [-0.3, -0.25) is 10.8 Å². The highest BCUT2D eigenvalue weighted by Gasteiger charge is 2.35. The Hall–Kier alpha value is -1.44. The van der Waals surface area contributed by atoms with Crippen molar-refractivity contribution < 1.29 is 23.1 Å². The molecular weight excluding hydrogens is 323 g/mol. The lowest BCUT2D eigenvalue weighted by molar-refractivity contribution is -0.132. The summed E-state index contributed by atoms with van der Waals surface area (Å²) >= 11 is 0. The number of amidine groups is 2. The quantitative estimate of drug-likeness (QED) is 0.337. The Labute approximate surface area is 141 Å². The van der Waals surface area contributed by atoms with Gasteiger partial charge in [0.15, 0.2) is 0 Å². The van der Waals surface area contributed by atoms with Gasteiger partial charge in [0, 0.05) is 25.4 Å². The molecule has 3 N–H and O–H groups in total. The molecule has 8 heteroatoms. The summed E-state index contributed by atoms with van der Waals surface area (Å²) < 4.78 is 38.5. The minimum Gasteiger partial charge on any atom is -0.396 e. The van der Waals surface area contributed by atoms with Gasteiger partial charge in [-0.25, -0.2) is 0 Å². The van der Waals surface area contributed by atoms with Crippen LogP contribution in [0.3, 0.4) is 0 Å². The summed E-state index contributed by atoms with van der Waals surface area (Å²) in [6.07, 6.45) is -2.76. The number of rotatable bonds is 9. The minimum absolute atomic E-state index is 0.0135. The van der Waals surface area contributed by atoms with E-state index in [1.807, 2.05) is 20.8 Å². The Morgan fingerprint density at radius 3 is 2.25 bits per heavy atom. The van der Waals surface area contributed by atoms with Crippen LogP contribution in [0, 0.1) is 22.2 Å². The van der Waals surface area contributed by atoms with Crippen LogP contribution >= 0.6 is 0 Å². The van der Waals surface area contributed by atoms with Crippen molar-refractivity contribution in [2.45, 2.75) is 59.1 Å². The molecule has 0 fully saturated rings. The maximum absolute atomic E-state index is 12.8. The van der Waals surface area contributed by atoms with Crippen LogP contribution in [-0.2, 0) is 4.79 Å². The first kappa shape index (κ1) is 22.6. The zero-order valence-electron chi connectivity index (χ0n) is 14.5. The van der Waals surface area contributed by atoms with Crippen molar-refractivity contribution in [3.8, 4) is 0 Å². The van der Waals surface area contributed by atoms with E-state index in [0.29, 0.717) is 17.6 Å². The molecule has 0 aliphatic carbocycles. The van der Waals surface area contributed by atoms with Crippen LogP contribution < -0.4 is 0 Å². The first-order valence-corrected chi connectivity index (χ1v) is 7.96. The topological polar surface area (TPSA) is 88.2 Å². The van der Waals surface area contributed by atoms with Gasteiger partial charge in [0.25, 0.3) is 0 Å². The van der Waals surface area contributed by atoms with Gasteiger partial charge in [0.1, 0.15) is 24.5 Å². The van der Waals surface area contributed by atoms with E-state index in [1.165, 1.54) is 0 Å². The molecule has 0 spiro atoms. The molecule has 0 saturated heterocycles. The molecule has 0 aliphatic heterocycles. The number of aliphatic hydroxyl groups excluding tert-OH is 1. The summed E-state index contributed by atoms with van der Waals surface area (Å²) in [4.78, 5) is 11.3. The molecule has 140 valence electrons. The van der Waals surface area contributed by atoms with E-state index in [-0.39, 0.29) is 37.1 Å². The second-order valence-electron chi connectivity index (χ2n) is 7.06. The first-order chi connectivity index (χ1) is 10.9. The Balaban J connectivity index is 5.10. The lowest BCUT2D eigenvalue weighted by atomic mass is 9.89. The number of carbonyl (C=O) groups is 1. The monoisotopic (exact) mass is 351 g/mol. The van der Waals surface area contributed by atoms with Gasteiger partial charge in [-0.15, -0.1) is 0 Å². The summed E-state index contributed by atoms with van der Waals surface area (Å²) in [7, 11) is 0. The molecule has 0 radical (unpaired) electrons. The number of aliphatic hydroxyl groups is 1. The number of aldehydes is 1. The van der Waals surface area contributed by atoms with Crippen molar-refractivity contribution >= 4 is 18.0 Å². The zero-order valence-corrected chi connectivity index (χ0v) is 14.5. The SMILES string of the molecule is CC(C)(C)CCCC(=N)N(CC(F)(F)F)C(=N)[C@H](CC=O)CCO. The van der Waals surface area contributed by atoms with Crippen LogP contribution in [0.4, 0.5) is 13.2 Å². The molecule has 0 amide bonds. The van der Waals surface area contributed by atoms with Crippen LogP contribution in [0.1, 0.15) is 52.9 Å². The largest absolute Gasteiger partial charge is 0.406 e. The van der Waals surface area contributed by atoms with Crippen LogP contribution in [-0.4, -0.2) is 47.3 Å². The maximum Gasteiger partial charge on any atom is 0.406 e. The van der Waals surface area contributed by atoms with E-state index >= 15 is 0 Å². The van der Waals surface area contributed by atoms with Gasteiger partial charge in [0.2, 0.25) is 0 Å². The molecular formula is C16H28F3N3O2. The number of carbonyl (C=O) groups excluding carboxylic acids is 1. The van der Waals surface area contributed by atoms with Crippen molar-refractivity contribution in [3.05, 3.63) is 0 Å². The second kappa shape index (κ2) is 9.76. The molecule has 24 heavy (non-hydrogen) atoms. The van der Waals surface area contributed by atoms with E-state index in [1.54, 1.807) is 0 Å². The van der Waals surface area contributed by atoms with E-state index in [2.05, 4.69) is 0 Å². The standard InChI is InChI=1S/C16H28F3N3O2/c1-15(2,3)8-4-5-13(20)22(11-16(17,18)19)14(21)12(6-9-23)7-10-24/h9,12,20-21,24H,4-8,10-11H2,1-3H3/t12-/m1/s1. The van der Waals surface area contributed by atoms with E-state index < -0.39 is 24.5 Å². The number of halogens is 3. The first-order valence-electron chi connectivity index (χ1n) is 7.96. The molecule has 0 aromatic rings. The number of hydrogen-bond donors (Lipinski definition) is 3. The normalized spacial score (nSPS) is 13.5. The fourth-order valence-electron chi connectivity index (χ4n) is 2.28. The van der Waals surface area contributed by atoms with Gasteiger partial charge >= 0.3 is 6.18 Å². The average molecular weight is 351 g/mol. The Morgan fingerprint density at radius 1 is 1.25 bits per heavy atom. The lowest BCUT2D eigenvalue weighted by Gasteiger charge is -2.30. The summed E-state index contributed by atoms with van der Waals surface area (Å²) in [5.74, 6) is -1.54. The molecule has 0 heterocycles. The highest BCUT2D eigenvalue weighted by Crippen LogP contribution is 2.24. The minimum atomic E-state index is -4.56. The number of nitrogens with one attached hydrogen (secondary N) is 2. The number of alkyl halides is 3. The molecule has 0 rings (SSSR count). The molecule has 0 unspecified atom stereocenters. The number of nitrogens with zero attached hydrogens (tertiary/aromatic N) is 1. The van der Waals surface area contributed by atoms with Crippen molar-refractivity contribution in [3.63, 3.8) is 0 Å². The molecule has 1 atom stereocenters. The van der Waals surface area contributed by atoms with Crippen molar-refractivity contribution in [2.24, 2.45) is 11.3 Å². The van der Waals surface area contributed by atoms with Crippen molar-refractivity contribution in [2.75, 3.05) is 13.2 Å². The molecule has 5 nitrogen and oxygen atoms in total. The third-order valence-electron chi connectivity index (χ3n) is 3.54. The van der Waals surface area contributed by atoms with Crippen LogP contribution in [0.5, 0.6) is 0 Å². The summed E-state index contributed by atoms with van der Waals surface area (Å²) in [5.41, 5.74) is 0.0135. The Morgan fingerprint density at radius 2 is 1.83 bits per heavy atom. The van der Waals surface area contributed by atoms with E-state index in [9.17, 15) is 18.0 Å². The van der Waals surface area contributed by atoms with Gasteiger partial charge < -0.3 is 14.8 Å². The highest BCUT2D eigenvalue weighted by molar-refractivity contribution is 5.99. The van der Waals surface area contributed by atoms with Gasteiger partial charge in [-0.2, -0.15) is 13.2 Å². The van der Waals surface area contributed by atoms with Crippen molar-refractivity contribution in [1.29, 1.82) is 10.8 Å². The van der Waals surface area contributed by atoms with Crippen LogP contribution in [0.25, 0.3) is 0 Å². The fourth-order valence-corrected chi connectivity index (χ4v) is 2.28. The summed E-state index contributed by atoms with van der Waals surface area (Å²) in [6, 6.07) is 0. The predicted molar refractivity (Wildman–Crippen MR) is 87.4 cm³/mol. The van der Waals surface area contributed by atoms with Gasteiger partial charge in [-0.05, 0) is 24.7 Å². The van der Waals surface area contributed by atoms with Crippen molar-refractivity contribution in [1.82, 2.24) is 4.90 Å². The number of hydrogen-bond acceptors (Lipinski definition) is 4. The second-order valence-corrected chi connectivity index (χ2v) is 7.06. The molecule has 0 aromatic carbocycles.